The van der Waals surface area contributed by atoms with Crippen LogP contribution in [0, 0.1) is 6.92 Å². The van der Waals surface area contributed by atoms with E-state index in [9.17, 15) is 14.4 Å². The molecule has 4 N–H and O–H groups in total. The van der Waals surface area contributed by atoms with Gasteiger partial charge in [-0.1, -0.05) is 13.3 Å². The molecule has 1 fully saturated rings. The average Bonchev–Trinajstić information content (AvgIpc) is 2.86. The van der Waals surface area contributed by atoms with E-state index in [0.29, 0.717) is 17.9 Å². The lowest BCUT2D eigenvalue weighted by molar-refractivity contribution is -0.137. The average molecular weight is 364 g/mol. The number of aromatic nitrogens is 2. The summed E-state index contributed by atoms with van der Waals surface area (Å²) in [5, 5.41) is 15.7. The van der Waals surface area contributed by atoms with Gasteiger partial charge in [-0.2, -0.15) is 5.10 Å². The summed E-state index contributed by atoms with van der Waals surface area (Å²) in [6, 6.07) is 1.69. The molecule has 2 rings (SSSR count). The van der Waals surface area contributed by atoms with Gasteiger partial charge in [0, 0.05) is 24.1 Å². The molecule has 0 radical (unpaired) electrons. The zero-order valence-corrected chi connectivity index (χ0v) is 16.0. The van der Waals surface area contributed by atoms with E-state index in [4.69, 9.17) is 0 Å². The molecule has 1 aliphatic heterocycles. The first-order valence-electron chi connectivity index (χ1n) is 8.84. The predicted molar refractivity (Wildman–Crippen MR) is 97.1 cm³/mol. The highest BCUT2D eigenvalue weighted by Crippen LogP contribution is 2.18. The number of nitrogens with zero attached hydrogens (tertiary/aromatic N) is 2. The highest BCUT2D eigenvalue weighted by molar-refractivity contribution is 6.39. The summed E-state index contributed by atoms with van der Waals surface area (Å²) in [6.07, 6.45) is 1.63. The van der Waals surface area contributed by atoms with E-state index in [0.717, 1.165) is 12.8 Å². The first kappa shape index (κ1) is 19.9. The second-order valence-corrected chi connectivity index (χ2v) is 7.60. The number of carbonyl (C=O) groups excluding carboxylic acids is 3. The van der Waals surface area contributed by atoms with Gasteiger partial charge in [-0.05, 0) is 34.1 Å². The minimum Gasteiger partial charge on any atom is -0.343 e. The molecule has 1 aromatic heterocycles. The summed E-state index contributed by atoms with van der Waals surface area (Å²) in [4.78, 5) is 36.2. The molecule has 2 atom stereocenters. The van der Waals surface area contributed by atoms with Crippen LogP contribution in [0.5, 0.6) is 0 Å². The lowest BCUT2D eigenvalue weighted by Crippen LogP contribution is -2.53. The highest BCUT2D eigenvalue weighted by atomic mass is 16.2. The molecular formula is C17H28N6O3. The van der Waals surface area contributed by atoms with Gasteiger partial charge < -0.3 is 16.0 Å². The molecule has 2 heterocycles. The lowest BCUT2D eigenvalue weighted by Gasteiger charge is -2.32. The van der Waals surface area contributed by atoms with Gasteiger partial charge in [-0.3, -0.25) is 19.7 Å². The maximum absolute atomic E-state index is 12.2. The van der Waals surface area contributed by atoms with Gasteiger partial charge in [0.05, 0.1) is 5.69 Å². The zero-order chi connectivity index (χ0) is 19.5. The summed E-state index contributed by atoms with van der Waals surface area (Å²) in [5.74, 6) is -1.25. The van der Waals surface area contributed by atoms with Crippen LogP contribution >= 0.6 is 0 Å². The van der Waals surface area contributed by atoms with Gasteiger partial charge >= 0.3 is 11.8 Å². The monoisotopic (exact) mass is 364 g/mol. The van der Waals surface area contributed by atoms with Crippen molar-refractivity contribution in [3.05, 3.63) is 11.8 Å². The van der Waals surface area contributed by atoms with Crippen molar-refractivity contribution in [3.8, 4) is 0 Å². The van der Waals surface area contributed by atoms with Crippen molar-refractivity contribution < 1.29 is 14.4 Å². The van der Waals surface area contributed by atoms with E-state index in [1.807, 2.05) is 0 Å². The van der Waals surface area contributed by atoms with E-state index < -0.39 is 23.6 Å². The Morgan fingerprint density at radius 1 is 1.35 bits per heavy atom. The maximum atomic E-state index is 12.2. The fourth-order valence-corrected chi connectivity index (χ4v) is 2.80. The lowest BCUT2D eigenvalue weighted by atomic mass is 10.1. The first-order chi connectivity index (χ1) is 12.1. The Balaban J connectivity index is 2.15. The molecule has 2 unspecified atom stereocenters. The zero-order valence-electron chi connectivity index (χ0n) is 16.0. The topological polar surface area (TPSA) is 117 Å². The molecule has 1 saturated heterocycles. The number of aryl methyl sites for hydroxylation is 1. The smallest absolute Gasteiger partial charge is 0.314 e. The fourth-order valence-electron chi connectivity index (χ4n) is 2.80. The molecule has 3 amide bonds. The minimum atomic E-state index is -0.784. The Bertz CT molecular complexity index is 691. The Morgan fingerprint density at radius 2 is 2.04 bits per heavy atom. The molecule has 1 aliphatic rings. The van der Waals surface area contributed by atoms with Crippen molar-refractivity contribution in [2.24, 2.45) is 0 Å². The van der Waals surface area contributed by atoms with Crippen molar-refractivity contribution in [2.75, 3.05) is 5.32 Å². The van der Waals surface area contributed by atoms with Crippen molar-refractivity contribution in [1.29, 1.82) is 0 Å². The van der Waals surface area contributed by atoms with Crippen LogP contribution in [-0.2, 0) is 14.4 Å². The van der Waals surface area contributed by atoms with E-state index >= 15 is 0 Å². The predicted octanol–water partition coefficient (Wildman–Crippen LogP) is 0.779. The SMILES string of the molecule is CCCC1CC(=O)NC(n2nc(C)cc2NC(=O)C(=O)NC(C)(C)C)N1. The molecule has 144 valence electrons. The summed E-state index contributed by atoms with van der Waals surface area (Å²) in [7, 11) is 0. The van der Waals surface area contributed by atoms with Gasteiger partial charge in [0.2, 0.25) is 5.91 Å². The molecule has 0 saturated carbocycles. The third kappa shape index (κ3) is 5.29. The van der Waals surface area contributed by atoms with Crippen LogP contribution in [-0.4, -0.2) is 39.1 Å². The number of carbonyl (C=O) groups is 3. The first-order valence-corrected chi connectivity index (χ1v) is 8.84. The maximum Gasteiger partial charge on any atom is 0.314 e. The van der Waals surface area contributed by atoms with Crippen molar-refractivity contribution in [1.82, 2.24) is 25.7 Å². The van der Waals surface area contributed by atoms with Crippen LogP contribution in [0.4, 0.5) is 5.82 Å². The molecule has 9 nitrogen and oxygen atoms in total. The molecule has 9 heteroatoms. The Morgan fingerprint density at radius 3 is 2.65 bits per heavy atom. The van der Waals surface area contributed by atoms with E-state index in [1.165, 1.54) is 4.68 Å². The second-order valence-electron chi connectivity index (χ2n) is 7.60. The van der Waals surface area contributed by atoms with Gasteiger partial charge in [-0.15, -0.1) is 0 Å². The number of rotatable bonds is 4. The number of hydrogen-bond acceptors (Lipinski definition) is 5. The van der Waals surface area contributed by atoms with E-state index in [-0.39, 0.29) is 11.9 Å². The van der Waals surface area contributed by atoms with Crippen LogP contribution in [0.3, 0.4) is 0 Å². The number of hydrogen-bond donors (Lipinski definition) is 4. The fraction of sp³-hybridized carbons (Fsp3) is 0.647. The third-order valence-electron chi connectivity index (χ3n) is 3.80. The van der Waals surface area contributed by atoms with E-state index in [1.54, 1.807) is 33.8 Å². The number of nitrogens with one attached hydrogen (secondary N) is 4. The van der Waals surface area contributed by atoms with Crippen LogP contribution in [0.25, 0.3) is 0 Å². The van der Waals surface area contributed by atoms with Gasteiger partial charge in [-0.25, -0.2) is 4.68 Å². The quantitative estimate of drug-likeness (QED) is 0.589. The van der Waals surface area contributed by atoms with Crippen LogP contribution < -0.4 is 21.3 Å². The van der Waals surface area contributed by atoms with Crippen molar-refractivity contribution in [3.63, 3.8) is 0 Å². The standard InChI is InChI=1S/C17H28N6O3/c1-6-7-11-9-13(24)20-16(18-11)23-12(8-10(2)22-23)19-14(25)15(26)21-17(3,4)5/h8,11,16,18H,6-7,9H2,1-5H3,(H,19,25)(H,20,24)(H,21,26). The molecular weight excluding hydrogens is 336 g/mol. The summed E-state index contributed by atoms with van der Waals surface area (Å²) in [5.41, 5.74) is 0.141. The van der Waals surface area contributed by atoms with Gasteiger partial charge in [0.15, 0.2) is 6.29 Å². The molecule has 0 bridgehead atoms. The summed E-state index contributed by atoms with van der Waals surface area (Å²) < 4.78 is 1.48. The van der Waals surface area contributed by atoms with Crippen LogP contribution in [0.2, 0.25) is 0 Å². The van der Waals surface area contributed by atoms with E-state index in [2.05, 4.69) is 33.3 Å². The number of amides is 3. The Labute approximate surface area is 153 Å². The van der Waals surface area contributed by atoms with Crippen LogP contribution in [0.15, 0.2) is 6.07 Å². The Kier molecular flexibility index (Phi) is 6.01. The number of anilines is 1. The molecule has 1 aromatic rings. The Hall–Kier alpha value is -2.42. The van der Waals surface area contributed by atoms with Gasteiger partial charge in [0.25, 0.3) is 0 Å². The van der Waals surface area contributed by atoms with Crippen molar-refractivity contribution in [2.45, 2.75) is 71.8 Å². The minimum absolute atomic E-state index is 0.0380. The van der Waals surface area contributed by atoms with Gasteiger partial charge in [0.1, 0.15) is 5.82 Å². The summed E-state index contributed by atoms with van der Waals surface area (Å²) in [6.45, 7) is 9.21. The molecule has 0 aliphatic carbocycles. The highest BCUT2D eigenvalue weighted by Gasteiger charge is 2.29. The molecule has 0 aromatic carbocycles. The molecule has 26 heavy (non-hydrogen) atoms. The summed E-state index contributed by atoms with van der Waals surface area (Å²) >= 11 is 0. The van der Waals surface area contributed by atoms with Crippen molar-refractivity contribution >= 4 is 23.5 Å². The normalized spacial score (nSPS) is 20.4. The molecule has 0 spiro atoms. The van der Waals surface area contributed by atoms with Crippen LogP contribution in [0.1, 0.15) is 58.9 Å². The largest absolute Gasteiger partial charge is 0.343 e. The third-order valence-corrected chi connectivity index (χ3v) is 3.80. The second kappa shape index (κ2) is 7.86.